The topological polar surface area (TPSA) is 95.8 Å². The third-order valence-electron chi connectivity index (χ3n) is 5.87. The smallest absolute Gasteiger partial charge is 0.115 e. The average Bonchev–Trinajstić information content (AvgIpc) is 2.78. The van der Waals surface area contributed by atoms with Crippen LogP contribution in [0.5, 0.6) is 11.5 Å². The summed E-state index contributed by atoms with van der Waals surface area (Å²) in [6.07, 6.45) is 12.5. The molecule has 0 saturated heterocycles. The summed E-state index contributed by atoms with van der Waals surface area (Å²) < 4.78 is 4.47. The fourth-order valence-electron chi connectivity index (χ4n) is 3.65. The van der Waals surface area contributed by atoms with Crippen molar-refractivity contribution in [1.29, 1.82) is 0 Å². The fourth-order valence-corrected chi connectivity index (χ4v) is 3.93. The monoisotopic (exact) mass is 476 g/mol. The Hall–Kier alpha value is -1.65. The predicted octanol–water partition coefficient (Wildman–Crippen LogP) is 6.30. The molecule has 0 amide bonds. The summed E-state index contributed by atoms with van der Waals surface area (Å²) in [5.41, 5.74) is 2.10. The van der Waals surface area contributed by atoms with E-state index in [0.29, 0.717) is 6.61 Å². The number of phenols is 2. The van der Waals surface area contributed by atoms with Gasteiger partial charge >= 0.3 is 0 Å². The Morgan fingerprint density at radius 1 is 0.667 bits per heavy atom. The van der Waals surface area contributed by atoms with Crippen molar-refractivity contribution in [1.82, 2.24) is 0 Å². The van der Waals surface area contributed by atoms with Gasteiger partial charge in [-0.3, -0.25) is 0 Å². The van der Waals surface area contributed by atoms with Crippen molar-refractivity contribution in [3.63, 3.8) is 0 Å². The highest BCUT2D eigenvalue weighted by atomic mass is 31.2. The summed E-state index contributed by atoms with van der Waals surface area (Å²) in [5, 5.41) is 18.6. The van der Waals surface area contributed by atoms with Crippen molar-refractivity contribution >= 4 is 8.60 Å². The Morgan fingerprint density at radius 2 is 1.03 bits per heavy atom. The Labute approximate surface area is 201 Å². The molecule has 33 heavy (non-hydrogen) atoms. The van der Waals surface area contributed by atoms with Gasteiger partial charge in [0.1, 0.15) is 11.5 Å². The molecule has 0 bridgehead atoms. The second kappa shape index (κ2) is 16.9. The lowest BCUT2D eigenvalue weighted by atomic mass is 9.78. The molecular weight excluding hydrogens is 435 g/mol. The molecule has 0 atom stereocenters. The zero-order valence-corrected chi connectivity index (χ0v) is 21.4. The van der Waals surface area contributed by atoms with Crippen LogP contribution >= 0.6 is 8.60 Å². The van der Waals surface area contributed by atoms with Gasteiger partial charge in [0.2, 0.25) is 0 Å². The molecule has 0 aliphatic carbocycles. The van der Waals surface area contributed by atoms with Gasteiger partial charge in [-0.25, -0.2) is 0 Å². The van der Waals surface area contributed by atoms with Gasteiger partial charge in [0.15, 0.2) is 0 Å². The summed E-state index contributed by atoms with van der Waals surface area (Å²) >= 11 is 0. The lowest BCUT2D eigenvalue weighted by Crippen LogP contribution is -2.18. The van der Waals surface area contributed by atoms with Crippen LogP contribution in [0, 0.1) is 0 Å². The molecule has 186 valence electrons. The van der Waals surface area contributed by atoms with E-state index < -0.39 is 8.60 Å². The summed E-state index contributed by atoms with van der Waals surface area (Å²) in [5.74, 6) is 0.547. The zero-order valence-electron chi connectivity index (χ0n) is 20.5. The van der Waals surface area contributed by atoms with Crippen LogP contribution in [0.25, 0.3) is 0 Å². The molecule has 0 aromatic heterocycles. The average molecular weight is 477 g/mol. The first kappa shape index (κ1) is 29.4. The highest BCUT2D eigenvalue weighted by Gasteiger charge is 2.22. The Morgan fingerprint density at radius 3 is 1.39 bits per heavy atom. The van der Waals surface area contributed by atoms with E-state index in [1.165, 1.54) is 51.4 Å². The molecule has 0 saturated carbocycles. The maximum absolute atomic E-state index is 10.1. The molecule has 0 unspecified atom stereocenters. The van der Waals surface area contributed by atoms with Crippen LogP contribution in [0.4, 0.5) is 0 Å². The normalized spacial score (nSPS) is 11.3. The molecule has 0 aliphatic rings. The minimum Gasteiger partial charge on any atom is -0.820 e. The van der Waals surface area contributed by atoms with Gasteiger partial charge < -0.3 is 24.5 Å². The molecule has 0 aliphatic heterocycles. The molecule has 0 spiro atoms. The highest BCUT2D eigenvalue weighted by molar-refractivity contribution is 7.36. The van der Waals surface area contributed by atoms with Crippen LogP contribution in [0.3, 0.4) is 0 Å². The van der Waals surface area contributed by atoms with Gasteiger partial charge in [-0.1, -0.05) is 103 Å². The minimum atomic E-state index is -2.64. The van der Waals surface area contributed by atoms with Crippen molar-refractivity contribution in [2.24, 2.45) is 0 Å². The van der Waals surface area contributed by atoms with Crippen LogP contribution < -0.4 is 9.79 Å². The van der Waals surface area contributed by atoms with Crippen molar-refractivity contribution in [2.45, 2.75) is 90.4 Å². The maximum Gasteiger partial charge on any atom is 0.115 e. The van der Waals surface area contributed by atoms with Crippen molar-refractivity contribution in [2.75, 3.05) is 6.61 Å². The van der Waals surface area contributed by atoms with Gasteiger partial charge in [-0.2, -0.15) is 8.60 Å². The fraction of sp³-hybridized carbons (Fsp3) is 0.556. The second-order valence-corrected chi connectivity index (χ2v) is 9.66. The molecule has 2 rings (SSSR count). The van der Waals surface area contributed by atoms with Crippen LogP contribution in [0.15, 0.2) is 48.5 Å². The molecule has 2 aromatic rings. The third kappa shape index (κ3) is 13.0. The van der Waals surface area contributed by atoms with Crippen LogP contribution in [0.1, 0.15) is 96.1 Å². The third-order valence-corrected chi connectivity index (χ3v) is 6.27. The number of aromatic hydroxyl groups is 2. The van der Waals surface area contributed by atoms with Crippen LogP contribution in [0.2, 0.25) is 0 Å². The first-order valence-corrected chi connectivity index (χ1v) is 13.2. The molecule has 6 heteroatoms. The van der Waals surface area contributed by atoms with Gasteiger partial charge in [0, 0.05) is 12.0 Å². The van der Waals surface area contributed by atoms with Gasteiger partial charge in [-0.05, 0) is 41.8 Å². The van der Waals surface area contributed by atoms with Crippen molar-refractivity contribution < 1.29 is 24.5 Å². The second-order valence-electron chi connectivity index (χ2n) is 8.96. The number of rotatable bonds is 14. The van der Waals surface area contributed by atoms with Crippen LogP contribution in [-0.2, 0) is 9.94 Å². The molecule has 0 heterocycles. The van der Waals surface area contributed by atoms with Gasteiger partial charge in [0.25, 0.3) is 0 Å². The minimum absolute atomic E-state index is 0.151. The molecule has 5 nitrogen and oxygen atoms in total. The Bertz CT molecular complexity index is 682. The predicted molar refractivity (Wildman–Crippen MR) is 133 cm³/mol. The van der Waals surface area contributed by atoms with Crippen molar-refractivity contribution in [3.8, 4) is 11.5 Å². The zero-order chi connectivity index (χ0) is 24.5. The van der Waals surface area contributed by atoms with Gasteiger partial charge in [-0.15, -0.1) is 0 Å². The van der Waals surface area contributed by atoms with E-state index in [9.17, 15) is 20.0 Å². The first-order valence-electron chi connectivity index (χ1n) is 12.1. The van der Waals surface area contributed by atoms with Crippen molar-refractivity contribution in [3.05, 3.63) is 59.7 Å². The standard InChI is InChI=1S/C15H16O2.C12H25O3P/c1-15(2,11-3-7-13(16)8-4-11)12-5-9-14(17)10-6-12;1-2-3-4-5-6-7-8-9-10-11-12-15-16(13)14/h3-10,16-17H,1-2H3;2-12H2,1H3/q;-2. The summed E-state index contributed by atoms with van der Waals surface area (Å²) in [4.78, 5) is 20.1. The van der Waals surface area contributed by atoms with E-state index >= 15 is 0 Å². The Balaban J connectivity index is 0.000000331. The molecule has 2 N–H and O–H groups in total. The van der Waals surface area contributed by atoms with E-state index in [-0.39, 0.29) is 16.9 Å². The number of phenolic OH excluding ortho intramolecular Hbond substituents is 2. The summed E-state index contributed by atoms with van der Waals surface area (Å²) in [7, 11) is -2.64. The van der Waals surface area contributed by atoms with E-state index in [1.54, 1.807) is 24.3 Å². The van der Waals surface area contributed by atoms with Gasteiger partial charge in [0.05, 0.1) is 0 Å². The summed E-state index contributed by atoms with van der Waals surface area (Å²) in [6, 6.07) is 14.4. The quantitative estimate of drug-likeness (QED) is 0.247. The number of hydrogen-bond donors (Lipinski definition) is 2. The van der Waals surface area contributed by atoms with Crippen LogP contribution in [-0.4, -0.2) is 16.8 Å². The number of hydrogen-bond acceptors (Lipinski definition) is 5. The molecular formula is C27H41O5P-2. The lowest BCUT2D eigenvalue weighted by molar-refractivity contribution is -0.318. The van der Waals surface area contributed by atoms with E-state index in [2.05, 4.69) is 25.3 Å². The molecule has 0 fully saturated rings. The molecule has 2 aromatic carbocycles. The lowest BCUT2D eigenvalue weighted by Gasteiger charge is -2.28. The number of benzene rings is 2. The molecule has 0 radical (unpaired) electrons. The maximum atomic E-state index is 10.1. The summed E-state index contributed by atoms with van der Waals surface area (Å²) in [6.45, 7) is 6.82. The SMILES string of the molecule is CC(C)(c1ccc(O)cc1)c1ccc(O)cc1.CCCCCCCCCCCCOP([O-])[O-]. The highest BCUT2D eigenvalue weighted by Crippen LogP contribution is 2.32. The first-order chi connectivity index (χ1) is 15.8. The van der Waals surface area contributed by atoms with E-state index in [1.807, 2.05) is 24.3 Å². The van der Waals surface area contributed by atoms with E-state index in [4.69, 9.17) is 0 Å². The van der Waals surface area contributed by atoms with E-state index in [0.717, 1.165) is 24.0 Å². The Kier molecular flexibility index (Phi) is 15.0. The largest absolute Gasteiger partial charge is 0.820 e. The number of unbranched alkanes of at least 4 members (excludes halogenated alkanes) is 9.